The minimum absolute atomic E-state index is 0.0520. The summed E-state index contributed by atoms with van der Waals surface area (Å²) in [5, 5.41) is 9.12. The summed E-state index contributed by atoms with van der Waals surface area (Å²) in [4.78, 5) is 11.2. The van der Waals surface area contributed by atoms with Crippen molar-refractivity contribution in [3.8, 4) is 0 Å². The number of hydrogen-bond acceptors (Lipinski definition) is 1. The molecule has 0 spiro atoms. The Balaban J connectivity index is 2.46. The third-order valence-corrected chi connectivity index (χ3v) is 3.85. The largest absolute Gasteiger partial charge is 0.478 e. The first-order valence-electron chi connectivity index (χ1n) is 7.71. The van der Waals surface area contributed by atoms with Gasteiger partial charge in [-0.3, -0.25) is 0 Å². The van der Waals surface area contributed by atoms with Crippen molar-refractivity contribution in [3.05, 3.63) is 76.9 Å². The molecule has 0 aliphatic rings. The highest BCUT2D eigenvalue weighted by molar-refractivity contribution is 5.95. The van der Waals surface area contributed by atoms with E-state index in [1.807, 2.05) is 12.1 Å². The molecule has 0 atom stereocenters. The summed E-state index contributed by atoms with van der Waals surface area (Å²) < 4.78 is 38.1. The second-order valence-electron chi connectivity index (χ2n) is 6.80. The smallest absolute Gasteiger partial charge is 0.416 e. The standard InChI is InChI=1S/C20H19F3O2/c1-19(2,3)15-8-4-13(5-9-15)17(12-18(24)25)14-6-10-16(11-7-14)20(21,22)23/h4-12H,1-3H3,(H,24,25)/b17-12-. The van der Waals surface area contributed by atoms with Gasteiger partial charge < -0.3 is 5.11 Å². The van der Waals surface area contributed by atoms with E-state index < -0.39 is 17.7 Å². The minimum Gasteiger partial charge on any atom is -0.478 e. The van der Waals surface area contributed by atoms with Crippen molar-refractivity contribution in [2.75, 3.05) is 0 Å². The van der Waals surface area contributed by atoms with Crippen molar-refractivity contribution < 1.29 is 23.1 Å². The number of aliphatic carboxylic acids is 1. The van der Waals surface area contributed by atoms with Crippen molar-refractivity contribution in [2.45, 2.75) is 32.4 Å². The maximum atomic E-state index is 12.7. The molecule has 2 aromatic carbocycles. The quantitative estimate of drug-likeness (QED) is 0.742. The van der Waals surface area contributed by atoms with Crippen LogP contribution >= 0.6 is 0 Å². The fraction of sp³-hybridized carbons (Fsp3) is 0.250. The molecule has 0 fully saturated rings. The molecule has 25 heavy (non-hydrogen) atoms. The lowest BCUT2D eigenvalue weighted by Gasteiger charge is -2.19. The first-order chi connectivity index (χ1) is 11.5. The summed E-state index contributed by atoms with van der Waals surface area (Å²) in [5.41, 5.74) is 1.67. The number of hydrogen-bond donors (Lipinski definition) is 1. The average molecular weight is 348 g/mol. The zero-order valence-corrected chi connectivity index (χ0v) is 14.2. The minimum atomic E-state index is -4.43. The van der Waals surface area contributed by atoms with Crippen LogP contribution in [0.4, 0.5) is 13.2 Å². The fourth-order valence-electron chi connectivity index (χ4n) is 2.45. The lowest BCUT2D eigenvalue weighted by atomic mass is 9.85. The van der Waals surface area contributed by atoms with E-state index in [0.29, 0.717) is 16.7 Å². The van der Waals surface area contributed by atoms with Gasteiger partial charge in [0, 0.05) is 6.08 Å². The Bertz CT molecular complexity index is 718. The van der Waals surface area contributed by atoms with E-state index in [-0.39, 0.29) is 5.41 Å². The summed E-state index contributed by atoms with van der Waals surface area (Å²) in [7, 11) is 0. The molecular formula is C20H19F3O2. The van der Waals surface area contributed by atoms with Crippen molar-refractivity contribution in [1.82, 2.24) is 0 Å². The van der Waals surface area contributed by atoms with Gasteiger partial charge in [-0.1, -0.05) is 57.2 Å². The Kier molecular flexibility index (Phi) is 5.07. The second-order valence-corrected chi connectivity index (χ2v) is 6.80. The molecule has 2 rings (SSSR count). The van der Waals surface area contributed by atoms with Gasteiger partial charge >= 0.3 is 12.1 Å². The van der Waals surface area contributed by atoms with Crippen molar-refractivity contribution >= 4 is 11.5 Å². The van der Waals surface area contributed by atoms with E-state index in [1.165, 1.54) is 12.1 Å². The van der Waals surface area contributed by atoms with E-state index >= 15 is 0 Å². The third-order valence-electron chi connectivity index (χ3n) is 3.85. The Morgan fingerprint density at radius 2 is 1.24 bits per heavy atom. The number of carboxylic acids is 1. The van der Waals surface area contributed by atoms with Gasteiger partial charge in [-0.15, -0.1) is 0 Å². The molecule has 0 saturated heterocycles. The molecular weight excluding hydrogens is 329 g/mol. The number of alkyl halides is 3. The van der Waals surface area contributed by atoms with Gasteiger partial charge in [0.1, 0.15) is 0 Å². The lowest BCUT2D eigenvalue weighted by molar-refractivity contribution is -0.137. The van der Waals surface area contributed by atoms with Crippen LogP contribution in [0.1, 0.15) is 43.0 Å². The van der Waals surface area contributed by atoms with Crippen LogP contribution in [-0.4, -0.2) is 11.1 Å². The van der Waals surface area contributed by atoms with Crippen LogP contribution in [0, 0.1) is 0 Å². The van der Waals surface area contributed by atoms with Gasteiger partial charge in [-0.2, -0.15) is 13.2 Å². The molecule has 2 nitrogen and oxygen atoms in total. The maximum Gasteiger partial charge on any atom is 0.416 e. The van der Waals surface area contributed by atoms with E-state index in [2.05, 4.69) is 20.8 Å². The van der Waals surface area contributed by atoms with E-state index in [0.717, 1.165) is 23.8 Å². The van der Waals surface area contributed by atoms with Crippen LogP contribution in [-0.2, 0) is 16.4 Å². The van der Waals surface area contributed by atoms with Crippen molar-refractivity contribution in [3.63, 3.8) is 0 Å². The fourth-order valence-corrected chi connectivity index (χ4v) is 2.45. The van der Waals surface area contributed by atoms with Gasteiger partial charge in [-0.25, -0.2) is 4.79 Å². The van der Waals surface area contributed by atoms with Gasteiger partial charge in [0.05, 0.1) is 5.56 Å². The Labute approximate surface area is 144 Å². The van der Waals surface area contributed by atoms with Crippen LogP contribution in [0.5, 0.6) is 0 Å². The number of carboxylic acid groups (broad SMARTS) is 1. The predicted molar refractivity (Wildman–Crippen MR) is 91.3 cm³/mol. The molecule has 0 unspecified atom stereocenters. The summed E-state index contributed by atoms with van der Waals surface area (Å²) in [6.07, 6.45) is -3.42. The van der Waals surface area contributed by atoms with Crippen LogP contribution in [0.2, 0.25) is 0 Å². The van der Waals surface area contributed by atoms with Crippen molar-refractivity contribution in [1.29, 1.82) is 0 Å². The third kappa shape index (κ3) is 4.72. The Morgan fingerprint density at radius 1 is 0.840 bits per heavy atom. The molecule has 0 radical (unpaired) electrons. The highest BCUT2D eigenvalue weighted by atomic mass is 19.4. The lowest BCUT2D eigenvalue weighted by Crippen LogP contribution is -2.10. The van der Waals surface area contributed by atoms with E-state index in [1.54, 1.807) is 12.1 Å². The first-order valence-corrected chi connectivity index (χ1v) is 7.71. The van der Waals surface area contributed by atoms with Crippen LogP contribution in [0.15, 0.2) is 54.6 Å². The Hall–Kier alpha value is -2.56. The number of benzene rings is 2. The average Bonchev–Trinajstić information content (AvgIpc) is 2.51. The molecule has 132 valence electrons. The molecule has 0 aliphatic carbocycles. The zero-order chi connectivity index (χ0) is 18.8. The van der Waals surface area contributed by atoms with Gasteiger partial charge in [0.2, 0.25) is 0 Å². The molecule has 0 bridgehead atoms. The van der Waals surface area contributed by atoms with E-state index in [4.69, 9.17) is 5.11 Å². The molecule has 5 heteroatoms. The molecule has 0 aliphatic heterocycles. The molecule has 2 aromatic rings. The predicted octanol–water partition coefficient (Wildman–Crippen LogP) is 5.52. The molecule has 0 aromatic heterocycles. The van der Waals surface area contributed by atoms with Crippen LogP contribution in [0.25, 0.3) is 5.57 Å². The van der Waals surface area contributed by atoms with Crippen molar-refractivity contribution in [2.24, 2.45) is 0 Å². The van der Waals surface area contributed by atoms with Gasteiger partial charge in [0.25, 0.3) is 0 Å². The monoisotopic (exact) mass is 348 g/mol. The summed E-state index contributed by atoms with van der Waals surface area (Å²) in [6.45, 7) is 6.18. The zero-order valence-electron chi connectivity index (χ0n) is 14.2. The first kappa shape index (κ1) is 18.8. The topological polar surface area (TPSA) is 37.3 Å². The number of rotatable bonds is 3. The Morgan fingerprint density at radius 3 is 1.56 bits per heavy atom. The van der Waals surface area contributed by atoms with E-state index in [9.17, 15) is 18.0 Å². The summed E-state index contributed by atoms with van der Waals surface area (Å²) >= 11 is 0. The number of carbonyl (C=O) groups is 1. The molecule has 1 N–H and O–H groups in total. The molecule has 0 heterocycles. The van der Waals surface area contributed by atoms with Gasteiger partial charge in [0.15, 0.2) is 0 Å². The normalized spacial score (nSPS) is 13.0. The van der Waals surface area contributed by atoms with Gasteiger partial charge in [-0.05, 0) is 39.8 Å². The molecule has 0 amide bonds. The highest BCUT2D eigenvalue weighted by Gasteiger charge is 2.30. The summed E-state index contributed by atoms with van der Waals surface area (Å²) in [6, 6.07) is 11.8. The maximum absolute atomic E-state index is 12.7. The van der Waals surface area contributed by atoms with Crippen LogP contribution in [0.3, 0.4) is 0 Å². The second kappa shape index (κ2) is 6.75. The number of halogens is 3. The highest BCUT2D eigenvalue weighted by Crippen LogP contribution is 2.32. The summed E-state index contributed by atoms with van der Waals surface area (Å²) in [5.74, 6) is -1.16. The molecule has 0 saturated carbocycles. The SMILES string of the molecule is CC(C)(C)c1ccc(/C(=C/C(=O)O)c2ccc(C(F)(F)F)cc2)cc1. The van der Waals surface area contributed by atoms with Crippen LogP contribution < -0.4 is 0 Å².